The molecule has 0 amide bonds. The van der Waals surface area contributed by atoms with Crippen LogP contribution in [0.1, 0.15) is 41.2 Å². The Morgan fingerprint density at radius 3 is 1.88 bits per heavy atom. The Bertz CT molecular complexity index is 1070. The van der Waals surface area contributed by atoms with Gasteiger partial charge in [-0.2, -0.15) is 0 Å². The van der Waals surface area contributed by atoms with Crippen LogP contribution >= 0.6 is 0 Å². The molecule has 0 saturated carbocycles. The van der Waals surface area contributed by atoms with E-state index in [0.29, 0.717) is 11.8 Å². The predicted octanol–water partition coefficient (Wildman–Crippen LogP) is 7.30. The Morgan fingerprint density at radius 1 is 0.781 bits per heavy atom. The number of furan rings is 1. The maximum Gasteiger partial charge on any atom is 0.134 e. The molecule has 162 valence electrons. The third kappa shape index (κ3) is 4.56. The van der Waals surface area contributed by atoms with Crippen LogP contribution in [0, 0.1) is 12.8 Å². The number of piperidine rings is 1. The van der Waals surface area contributed by atoms with E-state index in [2.05, 4.69) is 103 Å². The zero-order valence-corrected chi connectivity index (χ0v) is 18.8. The van der Waals surface area contributed by atoms with Gasteiger partial charge in [0.2, 0.25) is 0 Å². The zero-order valence-electron chi connectivity index (χ0n) is 18.8. The van der Waals surface area contributed by atoms with Crippen molar-refractivity contribution in [2.75, 3.05) is 13.1 Å². The standard InChI is InChI=1S/C30H31NO/c1-23-21-28(24-11-5-2-6-12-24)32-29(23)22-31-19-17-27(18-20-31)30(25-13-7-3-8-14-25)26-15-9-4-10-16-26/h2-16,21,27,30H,17-20,22H2,1H3. The van der Waals surface area contributed by atoms with Gasteiger partial charge < -0.3 is 4.42 Å². The topological polar surface area (TPSA) is 16.4 Å². The molecule has 1 aromatic heterocycles. The first-order valence-electron chi connectivity index (χ1n) is 11.7. The van der Waals surface area contributed by atoms with Crippen molar-refractivity contribution < 1.29 is 4.42 Å². The van der Waals surface area contributed by atoms with E-state index in [0.717, 1.165) is 36.7 Å². The van der Waals surface area contributed by atoms with Crippen LogP contribution in [0.15, 0.2) is 101 Å². The molecule has 32 heavy (non-hydrogen) atoms. The van der Waals surface area contributed by atoms with Crippen molar-refractivity contribution in [3.8, 4) is 11.3 Å². The number of likely N-dealkylation sites (tertiary alicyclic amines) is 1. The quantitative estimate of drug-likeness (QED) is 0.325. The summed E-state index contributed by atoms with van der Waals surface area (Å²) >= 11 is 0. The van der Waals surface area contributed by atoms with Crippen molar-refractivity contribution in [2.45, 2.75) is 32.2 Å². The highest BCUT2D eigenvalue weighted by Crippen LogP contribution is 2.38. The number of hydrogen-bond donors (Lipinski definition) is 0. The lowest BCUT2D eigenvalue weighted by Crippen LogP contribution is -2.35. The first kappa shape index (κ1) is 20.8. The molecule has 0 atom stereocenters. The fourth-order valence-electron chi connectivity index (χ4n) is 5.13. The Morgan fingerprint density at radius 2 is 1.31 bits per heavy atom. The number of nitrogens with zero attached hydrogens (tertiary/aromatic N) is 1. The second-order valence-electron chi connectivity index (χ2n) is 9.00. The Balaban J connectivity index is 1.28. The van der Waals surface area contributed by atoms with Crippen LogP contribution in [-0.4, -0.2) is 18.0 Å². The predicted molar refractivity (Wildman–Crippen MR) is 132 cm³/mol. The minimum absolute atomic E-state index is 0.467. The van der Waals surface area contributed by atoms with Gasteiger partial charge in [0.1, 0.15) is 11.5 Å². The molecule has 1 fully saturated rings. The monoisotopic (exact) mass is 421 g/mol. The lowest BCUT2D eigenvalue weighted by Gasteiger charge is -2.36. The van der Waals surface area contributed by atoms with Crippen molar-refractivity contribution in [3.63, 3.8) is 0 Å². The highest BCUT2D eigenvalue weighted by Gasteiger charge is 2.29. The lowest BCUT2D eigenvalue weighted by atomic mass is 9.76. The van der Waals surface area contributed by atoms with Gasteiger partial charge in [0.25, 0.3) is 0 Å². The minimum Gasteiger partial charge on any atom is -0.459 e. The second kappa shape index (κ2) is 9.58. The lowest BCUT2D eigenvalue weighted by molar-refractivity contribution is 0.158. The number of rotatable bonds is 6. The molecule has 1 aliphatic heterocycles. The van der Waals surface area contributed by atoms with Gasteiger partial charge in [-0.25, -0.2) is 0 Å². The average molecular weight is 422 g/mol. The van der Waals surface area contributed by atoms with E-state index in [1.807, 2.05) is 6.07 Å². The Kier molecular flexibility index (Phi) is 6.22. The van der Waals surface area contributed by atoms with E-state index in [4.69, 9.17) is 4.42 Å². The van der Waals surface area contributed by atoms with E-state index >= 15 is 0 Å². The number of aryl methyl sites for hydroxylation is 1. The molecule has 0 unspecified atom stereocenters. The van der Waals surface area contributed by atoms with Gasteiger partial charge in [-0.15, -0.1) is 0 Å². The Labute approximate surface area is 191 Å². The van der Waals surface area contributed by atoms with Crippen molar-refractivity contribution in [1.29, 1.82) is 0 Å². The fourth-order valence-corrected chi connectivity index (χ4v) is 5.13. The largest absolute Gasteiger partial charge is 0.459 e. The van der Waals surface area contributed by atoms with Crippen LogP contribution in [0.25, 0.3) is 11.3 Å². The fraction of sp³-hybridized carbons (Fsp3) is 0.267. The molecule has 5 rings (SSSR count). The molecular weight excluding hydrogens is 390 g/mol. The zero-order chi connectivity index (χ0) is 21.8. The molecule has 1 saturated heterocycles. The Hall–Kier alpha value is -3.10. The van der Waals surface area contributed by atoms with E-state index in [1.165, 1.54) is 29.5 Å². The van der Waals surface area contributed by atoms with Crippen LogP contribution in [0.3, 0.4) is 0 Å². The SMILES string of the molecule is Cc1cc(-c2ccccc2)oc1CN1CCC(C(c2ccccc2)c2ccccc2)CC1. The molecule has 3 aromatic carbocycles. The third-order valence-corrected chi connectivity index (χ3v) is 6.87. The summed E-state index contributed by atoms with van der Waals surface area (Å²) in [5.41, 5.74) is 5.27. The van der Waals surface area contributed by atoms with Crippen molar-refractivity contribution in [2.24, 2.45) is 5.92 Å². The van der Waals surface area contributed by atoms with Crippen LogP contribution in [-0.2, 0) is 6.54 Å². The van der Waals surface area contributed by atoms with Crippen molar-refractivity contribution in [1.82, 2.24) is 4.90 Å². The van der Waals surface area contributed by atoms with Crippen LogP contribution in [0.5, 0.6) is 0 Å². The molecule has 0 spiro atoms. The van der Waals surface area contributed by atoms with Crippen LogP contribution < -0.4 is 0 Å². The molecule has 2 heteroatoms. The summed E-state index contributed by atoms with van der Waals surface area (Å²) in [5.74, 6) is 3.20. The molecule has 1 aliphatic rings. The van der Waals surface area contributed by atoms with Crippen molar-refractivity contribution in [3.05, 3.63) is 120 Å². The summed E-state index contributed by atoms with van der Waals surface area (Å²) in [4.78, 5) is 2.56. The van der Waals surface area contributed by atoms with Gasteiger partial charge in [-0.1, -0.05) is 91.0 Å². The average Bonchev–Trinajstić information content (AvgIpc) is 3.22. The van der Waals surface area contributed by atoms with E-state index in [-0.39, 0.29) is 0 Å². The first-order valence-corrected chi connectivity index (χ1v) is 11.7. The number of hydrogen-bond acceptors (Lipinski definition) is 2. The van der Waals surface area contributed by atoms with E-state index < -0.39 is 0 Å². The molecule has 2 heterocycles. The maximum absolute atomic E-state index is 6.27. The molecule has 0 aliphatic carbocycles. The highest BCUT2D eigenvalue weighted by molar-refractivity contribution is 5.58. The summed E-state index contributed by atoms with van der Waals surface area (Å²) < 4.78 is 6.27. The molecule has 2 nitrogen and oxygen atoms in total. The van der Waals surface area contributed by atoms with E-state index in [9.17, 15) is 0 Å². The van der Waals surface area contributed by atoms with Gasteiger partial charge in [0, 0.05) is 11.5 Å². The summed E-state index contributed by atoms with van der Waals surface area (Å²) in [6.45, 7) is 5.29. The van der Waals surface area contributed by atoms with Gasteiger partial charge in [0.15, 0.2) is 0 Å². The molecule has 4 aromatic rings. The minimum atomic E-state index is 0.467. The van der Waals surface area contributed by atoms with Crippen LogP contribution in [0.4, 0.5) is 0 Å². The number of benzene rings is 3. The molecule has 0 radical (unpaired) electrons. The first-order chi connectivity index (χ1) is 15.8. The van der Waals surface area contributed by atoms with Gasteiger partial charge in [0.05, 0.1) is 6.54 Å². The van der Waals surface area contributed by atoms with Gasteiger partial charge in [-0.05, 0) is 61.5 Å². The summed E-state index contributed by atoms with van der Waals surface area (Å²) in [6, 6.07) is 34.7. The molecule has 0 bridgehead atoms. The van der Waals surface area contributed by atoms with Crippen LogP contribution in [0.2, 0.25) is 0 Å². The summed E-state index contributed by atoms with van der Waals surface area (Å²) in [6.07, 6.45) is 2.42. The summed E-state index contributed by atoms with van der Waals surface area (Å²) in [5, 5.41) is 0. The van der Waals surface area contributed by atoms with Crippen molar-refractivity contribution >= 4 is 0 Å². The molecule has 0 N–H and O–H groups in total. The normalized spacial score (nSPS) is 15.3. The maximum atomic E-state index is 6.27. The third-order valence-electron chi connectivity index (χ3n) is 6.87. The molecular formula is C30H31NO. The summed E-state index contributed by atoms with van der Waals surface area (Å²) in [7, 11) is 0. The van der Waals surface area contributed by atoms with Gasteiger partial charge in [-0.3, -0.25) is 4.90 Å². The van der Waals surface area contributed by atoms with E-state index in [1.54, 1.807) is 0 Å². The van der Waals surface area contributed by atoms with Gasteiger partial charge >= 0.3 is 0 Å². The second-order valence-corrected chi connectivity index (χ2v) is 9.00. The highest BCUT2D eigenvalue weighted by atomic mass is 16.3. The smallest absolute Gasteiger partial charge is 0.134 e.